The Morgan fingerprint density at radius 1 is 0.778 bits per heavy atom. The molecule has 0 aromatic carbocycles. The maximum absolute atomic E-state index is 8.46. The van der Waals surface area contributed by atoms with Crippen molar-refractivity contribution in [2.75, 3.05) is 52.9 Å². The van der Waals surface area contributed by atoms with Crippen LogP contribution in [0.3, 0.4) is 0 Å². The highest BCUT2D eigenvalue weighted by atomic mass is 16.9. The van der Waals surface area contributed by atoms with E-state index < -0.39 is 0 Å². The number of aliphatic hydroxyl groups excluding tert-OH is 1. The Balaban J connectivity index is 1.24. The molecular weight excluding hydrogens is 244 g/mol. The van der Waals surface area contributed by atoms with Crippen LogP contribution in [0.25, 0.3) is 0 Å². The lowest BCUT2D eigenvalue weighted by Crippen LogP contribution is -2.36. The quantitative estimate of drug-likeness (QED) is 0.362. The van der Waals surface area contributed by atoms with Gasteiger partial charge in [0.15, 0.2) is 18.7 Å². The van der Waals surface area contributed by atoms with Gasteiger partial charge >= 0.3 is 0 Å². The normalized spacial score (nSPS) is 28.8. The van der Waals surface area contributed by atoms with E-state index in [1.54, 1.807) is 0 Å². The fourth-order valence-electron chi connectivity index (χ4n) is 1.50. The molecule has 0 spiro atoms. The molecule has 2 saturated heterocycles. The number of aliphatic hydroxyl groups is 1. The van der Waals surface area contributed by atoms with Gasteiger partial charge in [-0.05, 0) is 0 Å². The van der Waals surface area contributed by atoms with E-state index in [0.29, 0.717) is 46.2 Å². The number of ether oxygens (including phenoxy) is 6. The van der Waals surface area contributed by atoms with Gasteiger partial charge < -0.3 is 33.5 Å². The second-order valence-corrected chi connectivity index (χ2v) is 3.91. The summed E-state index contributed by atoms with van der Waals surface area (Å²) in [7, 11) is 0. The maximum Gasteiger partial charge on any atom is 0.192 e. The smallest absolute Gasteiger partial charge is 0.192 e. The van der Waals surface area contributed by atoms with Crippen LogP contribution in [-0.2, 0) is 28.4 Å². The number of epoxide rings is 1. The van der Waals surface area contributed by atoms with Gasteiger partial charge in [-0.1, -0.05) is 0 Å². The third kappa shape index (κ3) is 4.77. The van der Waals surface area contributed by atoms with Crippen molar-refractivity contribution in [2.24, 2.45) is 0 Å². The Bertz CT molecular complexity index is 225. The number of hydrogen-bond acceptors (Lipinski definition) is 7. The Morgan fingerprint density at radius 3 is 1.89 bits per heavy atom. The highest BCUT2D eigenvalue weighted by Crippen LogP contribution is 2.40. The summed E-state index contributed by atoms with van der Waals surface area (Å²) in [6, 6.07) is 0. The van der Waals surface area contributed by atoms with Crippen LogP contribution in [0.2, 0.25) is 0 Å². The maximum atomic E-state index is 8.46. The van der Waals surface area contributed by atoms with E-state index in [9.17, 15) is 0 Å². The standard InChI is InChI=1S/C11H20O7/c12-1-2-13-3-4-14-5-6-15-7-8-16-10-9-11(17-9)18-10/h9-12H,1-8H2. The highest BCUT2D eigenvalue weighted by Gasteiger charge is 2.59. The first-order valence-corrected chi connectivity index (χ1v) is 6.18. The van der Waals surface area contributed by atoms with E-state index in [0.717, 1.165) is 0 Å². The zero-order valence-electron chi connectivity index (χ0n) is 10.3. The molecule has 0 amide bonds. The second kappa shape index (κ2) is 8.00. The molecule has 3 unspecified atom stereocenters. The van der Waals surface area contributed by atoms with Crippen molar-refractivity contribution in [3.05, 3.63) is 0 Å². The van der Waals surface area contributed by atoms with Crippen molar-refractivity contribution < 1.29 is 33.5 Å². The lowest BCUT2D eigenvalue weighted by atomic mass is 10.3. The number of rotatable bonds is 12. The summed E-state index contributed by atoms with van der Waals surface area (Å²) in [5, 5.41) is 8.46. The predicted molar refractivity (Wildman–Crippen MR) is 59.0 cm³/mol. The molecule has 7 nitrogen and oxygen atoms in total. The van der Waals surface area contributed by atoms with Crippen LogP contribution < -0.4 is 0 Å². The van der Waals surface area contributed by atoms with Crippen molar-refractivity contribution in [1.82, 2.24) is 0 Å². The van der Waals surface area contributed by atoms with Crippen LogP contribution in [-0.4, -0.2) is 76.6 Å². The summed E-state index contributed by atoms with van der Waals surface area (Å²) < 4.78 is 31.1. The minimum absolute atomic E-state index is 0.00243. The summed E-state index contributed by atoms with van der Waals surface area (Å²) in [4.78, 5) is 0. The minimum atomic E-state index is -0.196. The van der Waals surface area contributed by atoms with E-state index in [2.05, 4.69) is 0 Å². The third-order valence-electron chi connectivity index (χ3n) is 2.51. The molecule has 0 saturated carbocycles. The topological polar surface area (TPSA) is 78.9 Å². The van der Waals surface area contributed by atoms with Gasteiger partial charge in [0.1, 0.15) is 0 Å². The largest absolute Gasteiger partial charge is 0.394 e. The van der Waals surface area contributed by atoms with Crippen LogP contribution in [0.4, 0.5) is 0 Å². The van der Waals surface area contributed by atoms with Gasteiger partial charge in [-0.25, -0.2) is 0 Å². The molecule has 2 rings (SSSR count). The monoisotopic (exact) mass is 264 g/mol. The molecule has 0 aromatic heterocycles. The average molecular weight is 264 g/mol. The van der Waals surface area contributed by atoms with Crippen molar-refractivity contribution in [1.29, 1.82) is 0 Å². The molecule has 2 heterocycles. The van der Waals surface area contributed by atoms with E-state index >= 15 is 0 Å². The van der Waals surface area contributed by atoms with E-state index in [1.807, 2.05) is 0 Å². The Morgan fingerprint density at radius 2 is 1.39 bits per heavy atom. The van der Waals surface area contributed by atoms with Gasteiger partial charge in [-0.15, -0.1) is 0 Å². The molecule has 0 aromatic rings. The van der Waals surface area contributed by atoms with Gasteiger partial charge in [0.05, 0.1) is 52.9 Å². The molecular formula is C11H20O7. The SMILES string of the molecule is OCCOCCOCCOCCOC1OC2OC12. The Hall–Kier alpha value is -0.280. The molecule has 0 radical (unpaired) electrons. The Labute approximate surface area is 106 Å². The predicted octanol–water partition coefficient (Wildman–Crippen LogP) is -0.874. The zero-order valence-corrected chi connectivity index (χ0v) is 10.3. The lowest BCUT2D eigenvalue weighted by Gasteiger charge is -2.20. The van der Waals surface area contributed by atoms with Gasteiger partial charge in [0.25, 0.3) is 0 Å². The molecule has 3 atom stereocenters. The Kier molecular flexibility index (Phi) is 6.29. The first-order valence-electron chi connectivity index (χ1n) is 6.18. The van der Waals surface area contributed by atoms with Crippen LogP contribution in [0.5, 0.6) is 0 Å². The van der Waals surface area contributed by atoms with E-state index in [4.69, 9.17) is 33.5 Å². The van der Waals surface area contributed by atoms with Crippen molar-refractivity contribution in [3.8, 4) is 0 Å². The molecule has 1 N–H and O–H groups in total. The fraction of sp³-hybridized carbons (Fsp3) is 1.00. The van der Waals surface area contributed by atoms with Crippen LogP contribution in [0.15, 0.2) is 0 Å². The van der Waals surface area contributed by atoms with Crippen LogP contribution in [0, 0.1) is 0 Å². The van der Waals surface area contributed by atoms with Gasteiger partial charge in [0.2, 0.25) is 0 Å². The summed E-state index contributed by atoms with van der Waals surface area (Å²) in [6.07, 6.45) is -0.0388. The molecule has 2 aliphatic rings. The number of fused-ring (bicyclic) bond motifs is 1. The minimum Gasteiger partial charge on any atom is -0.394 e. The molecule has 7 heteroatoms. The van der Waals surface area contributed by atoms with Gasteiger partial charge in [0, 0.05) is 0 Å². The second-order valence-electron chi connectivity index (χ2n) is 3.91. The fourth-order valence-corrected chi connectivity index (χ4v) is 1.50. The highest BCUT2D eigenvalue weighted by molar-refractivity contribution is 4.90. The summed E-state index contributed by atoms with van der Waals surface area (Å²) in [5.41, 5.74) is 0. The number of hydrogen-bond donors (Lipinski definition) is 1. The lowest BCUT2D eigenvalue weighted by molar-refractivity contribution is -0.206. The molecule has 2 fully saturated rings. The van der Waals surface area contributed by atoms with Crippen molar-refractivity contribution in [2.45, 2.75) is 18.7 Å². The van der Waals surface area contributed by atoms with E-state index in [-0.39, 0.29) is 25.3 Å². The van der Waals surface area contributed by atoms with Gasteiger partial charge in [-0.2, -0.15) is 0 Å². The molecule has 2 aliphatic heterocycles. The van der Waals surface area contributed by atoms with Crippen molar-refractivity contribution >= 4 is 0 Å². The van der Waals surface area contributed by atoms with E-state index in [1.165, 1.54) is 0 Å². The average Bonchev–Trinajstić information content (AvgIpc) is 3.02. The summed E-state index contributed by atoms with van der Waals surface area (Å²) >= 11 is 0. The van der Waals surface area contributed by atoms with Crippen LogP contribution in [0.1, 0.15) is 0 Å². The third-order valence-corrected chi connectivity index (χ3v) is 2.51. The zero-order chi connectivity index (χ0) is 12.6. The summed E-state index contributed by atoms with van der Waals surface area (Å²) in [6.45, 7) is 3.46. The molecule has 0 aliphatic carbocycles. The molecule has 0 bridgehead atoms. The van der Waals surface area contributed by atoms with Crippen molar-refractivity contribution in [3.63, 3.8) is 0 Å². The summed E-state index contributed by atoms with van der Waals surface area (Å²) in [5.74, 6) is 0. The molecule has 106 valence electrons. The first-order chi connectivity index (χ1) is 8.92. The van der Waals surface area contributed by atoms with Gasteiger partial charge in [-0.3, -0.25) is 0 Å². The molecule has 18 heavy (non-hydrogen) atoms. The first kappa shape index (κ1) is 14.1. The van der Waals surface area contributed by atoms with Crippen LogP contribution >= 0.6 is 0 Å².